The van der Waals surface area contributed by atoms with Crippen molar-refractivity contribution in [2.45, 2.75) is 65.5 Å². The number of rotatable bonds is 6. The molecule has 0 bridgehead atoms. The Bertz CT molecular complexity index is 182. The Balaban J connectivity index is 2.44. The second-order valence-electron chi connectivity index (χ2n) is 5.25. The highest BCUT2D eigenvalue weighted by Gasteiger charge is 2.29. The molecule has 0 spiro atoms. The van der Waals surface area contributed by atoms with Crippen LogP contribution in [-0.2, 0) is 0 Å². The van der Waals surface area contributed by atoms with Gasteiger partial charge >= 0.3 is 0 Å². The van der Waals surface area contributed by atoms with Crippen LogP contribution < -0.4 is 5.32 Å². The van der Waals surface area contributed by atoms with Crippen LogP contribution in [0.15, 0.2) is 0 Å². The van der Waals surface area contributed by atoms with E-state index < -0.39 is 0 Å². The van der Waals surface area contributed by atoms with E-state index in [-0.39, 0.29) is 0 Å². The van der Waals surface area contributed by atoms with Crippen LogP contribution in [0.1, 0.15) is 53.4 Å². The lowest BCUT2D eigenvalue weighted by Gasteiger charge is -2.41. The van der Waals surface area contributed by atoms with Gasteiger partial charge < -0.3 is 10.2 Å². The second-order valence-corrected chi connectivity index (χ2v) is 5.25. The molecule has 1 heterocycles. The molecule has 0 aromatic heterocycles. The summed E-state index contributed by atoms with van der Waals surface area (Å²) in [5, 5.41) is 3.65. The molecule has 0 aromatic carbocycles. The van der Waals surface area contributed by atoms with E-state index in [2.05, 4.69) is 37.9 Å². The highest BCUT2D eigenvalue weighted by atomic mass is 15.2. The van der Waals surface area contributed by atoms with Gasteiger partial charge in [0.2, 0.25) is 0 Å². The Labute approximate surface area is 102 Å². The normalized spacial score (nSPS) is 29.2. The fraction of sp³-hybridized carbons (Fsp3) is 1.00. The van der Waals surface area contributed by atoms with Gasteiger partial charge in [-0.25, -0.2) is 0 Å². The molecule has 1 aliphatic heterocycles. The molecule has 2 heteroatoms. The summed E-state index contributed by atoms with van der Waals surface area (Å²) in [5.74, 6) is 0.855. The topological polar surface area (TPSA) is 15.3 Å². The fourth-order valence-electron chi connectivity index (χ4n) is 3.01. The Kier molecular flexibility index (Phi) is 6.37. The highest BCUT2D eigenvalue weighted by molar-refractivity contribution is 4.86. The molecule has 3 unspecified atom stereocenters. The first kappa shape index (κ1) is 14.0. The van der Waals surface area contributed by atoms with Crippen LogP contribution in [0.5, 0.6) is 0 Å². The van der Waals surface area contributed by atoms with Gasteiger partial charge in [-0.3, -0.25) is 0 Å². The Morgan fingerprint density at radius 3 is 2.62 bits per heavy atom. The van der Waals surface area contributed by atoms with E-state index in [0.29, 0.717) is 0 Å². The summed E-state index contributed by atoms with van der Waals surface area (Å²) in [5.41, 5.74) is 0. The largest absolute Gasteiger partial charge is 0.314 e. The summed E-state index contributed by atoms with van der Waals surface area (Å²) in [7, 11) is 0. The molecule has 1 fully saturated rings. The van der Waals surface area contributed by atoms with Crippen molar-refractivity contribution in [1.82, 2.24) is 10.2 Å². The molecular formula is C14H30N2. The molecule has 16 heavy (non-hydrogen) atoms. The highest BCUT2D eigenvalue weighted by Crippen LogP contribution is 2.23. The Morgan fingerprint density at radius 1 is 1.31 bits per heavy atom. The van der Waals surface area contributed by atoms with E-state index in [0.717, 1.165) is 24.5 Å². The summed E-state index contributed by atoms with van der Waals surface area (Å²) in [6.07, 6.45) is 5.31. The van der Waals surface area contributed by atoms with Crippen molar-refractivity contribution in [1.29, 1.82) is 0 Å². The molecule has 0 saturated carbocycles. The SMILES string of the molecule is CCCC(C)N1CCC(NCC)C(CC)C1. The average molecular weight is 226 g/mol. The molecule has 0 aliphatic carbocycles. The van der Waals surface area contributed by atoms with Gasteiger partial charge in [-0.1, -0.05) is 33.6 Å². The zero-order valence-electron chi connectivity index (χ0n) is 11.6. The van der Waals surface area contributed by atoms with Crippen LogP contribution >= 0.6 is 0 Å². The number of nitrogens with one attached hydrogen (secondary N) is 1. The van der Waals surface area contributed by atoms with E-state index >= 15 is 0 Å². The molecule has 96 valence electrons. The van der Waals surface area contributed by atoms with Crippen LogP contribution in [0.25, 0.3) is 0 Å². The van der Waals surface area contributed by atoms with Crippen molar-refractivity contribution in [2.24, 2.45) is 5.92 Å². The predicted octanol–water partition coefficient (Wildman–Crippen LogP) is 2.89. The van der Waals surface area contributed by atoms with Gasteiger partial charge in [0.25, 0.3) is 0 Å². The number of piperidine rings is 1. The standard InChI is InChI=1S/C14H30N2/c1-5-8-12(4)16-10-9-14(15-7-3)13(6-2)11-16/h12-15H,5-11H2,1-4H3. The van der Waals surface area contributed by atoms with Gasteiger partial charge in [-0.05, 0) is 38.8 Å². The average Bonchev–Trinajstić information content (AvgIpc) is 2.30. The molecule has 1 saturated heterocycles. The van der Waals surface area contributed by atoms with E-state index in [4.69, 9.17) is 0 Å². The summed E-state index contributed by atoms with van der Waals surface area (Å²) < 4.78 is 0. The summed E-state index contributed by atoms with van der Waals surface area (Å²) in [6, 6.07) is 1.54. The molecule has 2 nitrogen and oxygen atoms in total. The fourth-order valence-corrected chi connectivity index (χ4v) is 3.01. The van der Waals surface area contributed by atoms with Gasteiger partial charge in [0.1, 0.15) is 0 Å². The first-order chi connectivity index (χ1) is 7.72. The lowest BCUT2D eigenvalue weighted by Crippen LogP contribution is -2.51. The maximum atomic E-state index is 3.65. The second kappa shape index (κ2) is 7.29. The van der Waals surface area contributed by atoms with Gasteiger partial charge in [0.05, 0.1) is 0 Å². The molecular weight excluding hydrogens is 196 g/mol. The molecule has 1 rings (SSSR count). The van der Waals surface area contributed by atoms with Crippen LogP contribution in [-0.4, -0.2) is 36.6 Å². The lowest BCUT2D eigenvalue weighted by molar-refractivity contribution is 0.0974. The van der Waals surface area contributed by atoms with Crippen molar-refractivity contribution in [3.8, 4) is 0 Å². The minimum atomic E-state index is 0.764. The predicted molar refractivity (Wildman–Crippen MR) is 71.8 cm³/mol. The van der Waals surface area contributed by atoms with Gasteiger partial charge in [0.15, 0.2) is 0 Å². The van der Waals surface area contributed by atoms with Crippen LogP contribution in [0, 0.1) is 5.92 Å². The summed E-state index contributed by atoms with van der Waals surface area (Å²) >= 11 is 0. The number of nitrogens with zero attached hydrogens (tertiary/aromatic N) is 1. The quantitative estimate of drug-likeness (QED) is 0.749. The van der Waals surface area contributed by atoms with Gasteiger partial charge in [0, 0.05) is 18.6 Å². The van der Waals surface area contributed by atoms with Crippen LogP contribution in [0.4, 0.5) is 0 Å². The molecule has 0 radical (unpaired) electrons. The van der Waals surface area contributed by atoms with Crippen LogP contribution in [0.3, 0.4) is 0 Å². The number of likely N-dealkylation sites (tertiary alicyclic amines) is 1. The molecule has 1 aliphatic rings. The maximum Gasteiger partial charge on any atom is 0.0119 e. The third-order valence-electron chi connectivity index (χ3n) is 4.09. The Hall–Kier alpha value is -0.0800. The van der Waals surface area contributed by atoms with Crippen molar-refractivity contribution in [3.05, 3.63) is 0 Å². The molecule has 3 atom stereocenters. The third kappa shape index (κ3) is 3.74. The Morgan fingerprint density at radius 2 is 2.06 bits per heavy atom. The molecule has 0 aromatic rings. The van der Waals surface area contributed by atoms with Gasteiger partial charge in [-0.15, -0.1) is 0 Å². The summed E-state index contributed by atoms with van der Waals surface area (Å²) in [6.45, 7) is 12.9. The molecule has 1 N–H and O–H groups in total. The van der Waals surface area contributed by atoms with Gasteiger partial charge in [-0.2, -0.15) is 0 Å². The first-order valence-electron chi connectivity index (χ1n) is 7.20. The zero-order chi connectivity index (χ0) is 12.0. The maximum absolute atomic E-state index is 3.65. The van der Waals surface area contributed by atoms with E-state index in [1.165, 1.54) is 38.8 Å². The summed E-state index contributed by atoms with van der Waals surface area (Å²) in [4.78, 5) is 2.70. The minimum Gasteiger partial charge on any atom is -0.314 e. The van der Waals surface area contributed by atoms with Crippen molar-refractivity contribution < 1.29 is 0 Å². The van der Waals surface area contributed by atoms with E-state index in [1.807, 2.05) is 0 Å². The number of hydrogen-bond donors (Lipinski definition) is 1. The third-order valence-corrected chi connectivity index (χ3v) is 4.09. The van der Waals surface area contributed by atoms with Crippen molar-refractivity contribution in [2.75, 3.05) is 19.6 Å². The monoisotopic (exact) mass is 226 g/mol. The minimum absolute atomic E-state index is 0.764. The van der Waals surface area contributed by atoms with Crippen LogP contribution in [0.2, 0.25) is 0 Å². The molecule has 0 amide bonds. The smallest absolute Gasteiger partial charge is 0.0119 e. The first-order valence-corrected chi connectivity index (χ1v) is 7.20. The van der Waals surface area contributed by atoms with E-state index in [1.54, 1.807) is 0 Å². The van der Waals surface area contributed by atoms with E-state index in [9.17, 15) is 0 Å². The number of hydrogen-bond acceptors (Lipinski definition) is 2. The van der Waals surface area contributed by atoms with Crippen molar-refractivity contribution >= 4 is 0 Å². The zero-order valence-corrected chi connectivity index (χ0v) is 11.6. The van der Waals surface area contributed by atoms with Crippen molar-refractivity contribution in [3.63, 3.8) is 0 Å². The lowest BCUT2D eigenvalue weighted by atomic mass is 9.89.